The molecule has 0 saturated heterocycles. The van der Waals surface area contributed by atoms with Gasteiger partial charge in [0.05, 0.1) is 5.52 Å². The van der Waals surface area contributed by atoms with Gasteiger partial charge in [-0.15, -0.1) is 0 Å². The van der Waals surface area contributed by atoms with E-state index in [1.807, 2.05) is 37.4 Å². The molecule has 2 aromatic carbocycles. The van der Waals surface area contributed by atoms with Crippen LogP contribution in [0.5, 0.6) is 0 Å². The van der Waals surface area contributed by atoms with Crippen LogP contribution in [0.4, 0.5) is 5.95 Å². The zero-order valence-corrected chi connectivity index (χ0v) is 17.2. The van der Waals surface area contributed by atoms with Gasteiger partial charge in [0.15, 0.2) is 0 Å². The van der Waals surface area contributed by atoms with Crippen LogP contribution < -0.4 is 5.32 Å². The Morgan fingerprint density at radius 2 is 1.70 bits per heavy atom. The fraction of sp³-hybridized carbons (Fsp3) is 0.0833. The summed E-state index contributed by atoms with van der Waals surface area (Å²) in [5.41, 5.74) is 6.60. The van der Waals surface area contributed by atoms with Gasteiger partial charge in [0.25, 0.3) is 0 Å². The van der Waals surface area contributed by atoms with Crippen molar-refractivity contribution in [2.75, 3.05) is 5.32 Å². The van der Waals surface area contributed by atoms with Crippen molar-refractivity contribution in [1.29, 1.82) is 0 Å². The highest BCUT2D eigenvalue weighted by molar-refractivity contribution is 7.09. The predicted octanol–water partition coefficient (Wildman–Crippen LogP) is 5.74. The molecule has 0 amide bonds. The number of hydrogen-bond acceptors (Lipinski definition) is 6. The molecule has 0 aliphatic carbocycles. The van der Waals surface area contributed by atoms with Gasteiger partial charge in [-0.3, -0.25) is 9.97 Å². The molecule has 6 heteroatoms. The summed E-state index contributed by atoms with van der Waals surface area (Å²) in [7, 11) is 0. The highest BCUT2D eigenvalue weighted by Crippen LogP contribution is 2.26. The molecule has 3 aromatic heterocycles. The molecule has 5 nitrogen and oxygen atoms in total. The van der Waals surface area contributed by atoms with Crippen molar-refractivity contribution >= 4 is 28.4 Å². The van der Waals surface area contributed by atoms with E-state index in [9.17, 15) is 0 Å². The van der Waals surface area contributed by atoms with Crippen LogP contribution in [0.25, 0.3) is 32.6 Å². The van der Waals surface area contributed by atoms with Crippen molar-refractivity contribution in [3.05, 3.63) is 90.4 Å². The van der Waals surface area contributed by atoms with Crippen molar-refractivity contribution in [3.63, 3.8) is 0 Å². The Bertz CT molecular complexity index is 1310. The molecule has 0 aliphatic rings. The topological polar surface area (TPSA) is 63.6 Å². The van der Waals surface area contributed by atoms with E-state index in [2.05, 4.69) is 67.1 Å². The van der Waals surface area contributed by atoms with E-state index >= 15 is 0 Å². The molecule has 5 aromatic rings. The monoisotopic (exact) mass is 409 g/mol. The largest absolute Gasteiger partial charge is 0.349 e. The molecule has 0 saturated carbocycles. The lowest BCUT2D eigenvalue weighted by Gasteiger charge is -2.06. The van der Waals surface area contributed by atoms with E-state index in [1.54, 1.807) is 6.20 Å². The zero-order chi connectivity index (χ0) is 20.3. The van der Waals surface area contributed by atoms with Crippen LogP contribution >= 0.6 is 11.5 Å². The summed E-state index contributed by atoms with van der Waals surface area (Å²) in [6.45, 7) is 2.68. The number of aromatic nitrogens is 4. The minimum Gasteiger partial charge on any atom is -0.349 e. The van der Waals surface area contributed by atoms with Crippen LogP contribution in [-0.2, 0) is 6.54 Å². The first kappa shape index (κ1) is 18.4. The molecule has 0 unspecified atom stereocenters. The molecule has 0 bridgehead atoms. The fourth-order valence-corrected chi connectivity index (χ4v) is 3.98. The molecule has 1 N–H and O–H groups in total. The lowest BCUT2D eigenvalue weighted by molar-refractivity contribution is 1.10. The standard InChI is InChI=1S/C24H19N5S/c1-16-13-19(10-12-25-16)18-6-4-17(5-7-18)15-27-24-28-23(30-29-24)21-8-9-22-20(14-21)3-2-11-26-22/h2-14H,15H2,1H3,(H,27,29). The lowest BCUT2D eigenvalue weighted by Crippen LogP contribution is -2.00. The van der Waals surface area contributed by atoms with Crippen molar-refractivity contribution in [2.24, 2.45) is 0 Å². The molecule has 0 fully saturated rings. The molecule has 0 radical (unpaired) electrons. The van der Waals surface area contributed by atoms with E-state index in [0.717, 1.165) is 27.2 Å². The smallest absolute Gasteiger partial charge is 0.235 e. The van der Waals surface area contributed by atoms with Gasteiger partial charge in [0.2, 0.25) is 5.95 Å². The maximum Gasteiger partial charge on any atom is 0.235 e. The summed E-state index contributed by atoms with van der Waals surface area (Å²) < 4.78 is 4.46. The van der Waals surface area contributed by atoms with Crippen LogP contribution in [0.3, 0.4) is 0 Å². The van der Waals surface area contributed by atoms with Crippen molar-refractivity contribution in [1.82, 2.24) is 19.3 Å². The van der Waals surface area contributed by atoms with Crippen molar-refractivity contribution < 1.29 is 0 Å². The molecule has 3 heterocycles. The normalized spacial score (nSPS) is 11.0. The third-order valence-electron chi connectivity index (χ3n) is 4.91. The molecule has 0 aliphatic heterocycles. The Labute approximate surface area is 178 Å². The summed E-state index contributed by atoms with van der Waals surface area (Å²) in [6, 6.07) is 22.8. The van der Waals surface area contributed by atoms with E-state index in [-0.39, 0.29) is 0 Å². The number of pyridine rings is 2. The minimum absolute atomic E-state index is 0.648. The van der Waals surface area contributed by atoms with Crippen molar-refractivity contribution in [3.8, 4) is 21.7 Å². The highest BCUT2D eigenvalue weighted by atomic mass is 32.1. The average Bonchev–Trinajstić information content (AvgIpc) is 3.27. The quantitative estimate of drug-likeness (QED) is 0.401. The second kappa shape index (κ2) is 8.00. The molecule has 5 rings (SSSR count). The Hall–Kier alpha value is -3.64. The summed E-state index contributed by atoms with van der Waals surface area (Å²) in [5, 5.41) is 5.32. The fourth-order valence-electron chi connectivity index (χ4n) is 3.34. The molecule has 0 spiro atoms. The van der Waals surface area contributed by atoms with Crippen molar-refractivity contribution in [2.45, 2.75) is 13.5 Å². The molecular weight excluding hydrogens is 390 g/mol. The van der Waals surface area contributed by atoms with Crippen LogP contribution in [-0.4, -0.2) is 19.3 Å². The molecular formula is C24H19N5S. The number of anilines is 1. The van der Waals surface area contributed by atoms with Gasteiger partial charge in [-0.05, 0) is 71.5 Å². The number of nitrogens with zero attached hydrogens (tertiary/aromatic N) is 4. The van der Waals surface area contributed by atoms with E-state index < -0.39 is 0 Å². The van der Waals surface area contributed by atoms with Crippen LogP contribution in [0.2, 0.25) is 0 Å². The number of rotatable bonds is 5. The van der Waals surface area contributed by atoms with Crippen LogP contribution in [0.1, 0.15) is 11.3 Å². The number of hydrogen-bond donors (Lipinski definition) is 1. The summed E-state index contributed by atoms with van der Waals surface area (Å²) in [4.78, 5) is 13.3. The first-order valence-electron chi connectivity index (χ1n) is 9.69. The Morgan fingerprint density at radius 3 is 2.57 bits per heavy atom. The van der Waals surface area contributed by atoms with Crippen LogP contribution in [0, 0.1) is 6.92 Å². The Morgan fingerprint density at radius 1 is 0.833 bits per heavy atom. The molecule has 146 valence electrons. The summed E-state index contributed by atoms with van der Waals surface area (Å²) >= 11 is 1.40. The van der Waals surface area contributed by atoms with E-state index in [4.69, 9.17) is 0 Å². The predicted molar refractivity (Wildman–Crippen MR) is 122 cm³/mol. The maximum atomic E-state index is 4.65. The Kier molecular flexibility index (Phi) is 4.91. The van der Waals surface area contributed by atoms with Gasteiger partial charge < -0.3 is 5.32 Å². The van der Waals surface area contributed by atoms with E-state index in [0.29, 0.717) is 12.5 Å². The van der Waals surface area contributed by atoms with Gasteiger partial charge >= 0.3 is 0 Å². The maximum absolute atomic E-state index is 4.65. The lowest BCUT2D eigenvalue weighted by atomic mass is 10.0. The first-order chi connectivity index (χ1) is 14.7. The summed E-state index contributed by atoms with van der Waals surface area (Å²) in [5.74, 6) is 0.648. The van der Waals surface area contributed by atoms with Gasteiger partial charge in [-0.1, -0.05) is 30.3 Å². The molecule has 30 heavy (non-hydrogen) atoms. The third kappa shape index (κ3) is 3.90. The van der Waals surface area contributed by atoms with Gasteiger partial charge in [0.1, 0.15) is 5.01 Å². The summed E-state index contributed by atoms with van der Waals surface area (Å²) in [6.07, 6.45) is 3.65. The Balaban J connectivity index is 1.27. The van der Waals surface area contributed by atoms with Gasteiger partial charge in [0, 0.05) is 35.6 Å². The highest BCUT2D eigenvalue weighted by Gasteiger charge is 2.08. The first-order valence-corrected chi connectivity index (χ1v) is 10.5. The second-order valence-corrected chi connectivity index (χ2v) is 7.82. The van der Waals surface area contributed by atoms with Gasteiger partial charge in [-0.2, -0.15) is 9.36 Å². The van der Waals surface area contributed by atoms with E-state index in [1.165, 1.54) is 28.2 Å². The number of aryl methyl sites for hydroxylation is 1. The SMILES string of the molecule is Cc1cc(-c2ccc(CNc3nsc(-c4ccc5ncccc5c4)n3)cc2)ccn1. The molecule has 0 atom stereocenters. The minimum atomic E-state index is 0.648. The third-order valence-corrected chi connectivity index (χ3v) is 5.67. The number of fused-ring (bicyclic) bond motifs is 1. The van der Waals surface area contributed by atoms with Gasteiger partial charge in [-0.25, -0.2) is 0 Å². The van der Waals surface area contributed by atoms with Crippen LogP contribution in [0.15, 0.2) is 79.1 Å². The zero-order valence-electron chi connectivity index (χ0n) is 16.4. The average molecular weight is 410 g/mol. The number of benzene rings is 2. The number of nitrogens with one attached hydrogen (secondary N) is 1. The second-order valence-electron chi connectivity index (χ2n) is 7.07.